The van der Waals surface area contributed by atoms with Crippen molar-refractivity contribution in [2.75, 3.05) is 17.7 Å². The van der Waals surface area contributed by atoms with E-state index in [1.54, 1.807) is 48.5 Å². The molecule has 2 rings (SSSR count). The van der Waals surface area contributed by atoms with E-state index in [1.165, 1.54) is 13.1 Å². The van der Waals surface area contributed by atoms with E-state index in [0.29, 0.717) is 27.0 Å². The molecule has 2 aromatic carbocycles. The first-order chi connectivity index (χ1) is 11.5. The van der Waals surface area contributed by atoms with Crippen molar-refractivity contribution in [1.29, 1.82) is 0 Å². The molecule has 0 spiro atoms. The van der Waals surface area contributed by atoms with Crippen LogP contribution in [-0.4, -0.2) is 19.0 Å². The standard InChI is InChI=1S/C17H15Cl2N3O2/c1-20-17(24)22-14-6-4-13(5-7-14)21-16(23)9-2-11-10-12(18)3-8-15(11)19/h2-10H,1H3,(H,21,23)(H2,20,22,24)/b9-2+. The number of hydrogen-bond donors (Lipinski definition) is 3. The average Bonchev–Trinajstić information content (AvgIpc) is 2.57. The maximum absolute atomic E-state index is 11.9. The van der Waals surface area contributed by atoms with E-state index in [0.717, 1.165) is 0 Å². The second-order valence-electron chi connectivity index (χ2n) is 4.77. The Morgan fingerprint density at radius 3 is 2.21 bits per heavy atom. The first kappa shape index (κ1) is 17.8. The fourth-order valence-electron chi connectivity index (χ4n) is 1.82. The van der Waals surface area contributed by atoms with Gasteiger partial charge in [-0.1, -0.05) is 23.2 Å². The van der Waals surface area contributed by atoms with Gasteiger partial charge >= 0.3 is 6.03 Å². The molecule has 0 bridgehead atoms. The topological polar surface area (TPSA) is 70.2 Å². The number of anilines is 2. The van der Waals surface area contributed by atoms with E-state index in [9.17, 15) is 9.59 Å². The number of carbonyl (C=O) groups is 2. The fourth-order valence-corrected chi connectivity index (χ4v) is 2.18. The van der Waals surface area contributed by atoms with Crippen LogP contribution in [0.1, 0.15) is 5.56 Å². The van der Waals surface area contributed by atoms with Gasteiger partial charge in [0.15, 0.2) is 0 Å². The second-order valence-corrected chi connectivity index (χ2v) is 5.61. The number of benzene rings is 2. The molecule has 24 heavy (non-hydrogen) atoms. The lowest BCUT2D eigenvalue weighted by Gasteiger charge is -2.06. The normalized spacial score (nSPS) is 10.5. The summed E-state index contributed by atoms with van der Waals surface area (Å²) < 4.78 is 0. The quantitative estimate of drug-likeness (QED) is 0.704. The first-order valence-corrected chi connectivity index (χ1v) is 7.76. The minimum Gasteiger partial charge on any atom is -0.341 e. The molecular formula is C17H15Cl2N3O2. The molecule has 3 N–H and O–H groups in total. The van der Waals surface area contributed by atoms with Crippen molar-refractivity contribution in [1.82, 2.24) is 5.32 Å². The summed E-state index contributed by atoms with van der Waals surface area (Å²) in [6.07, 6.45) is 2.96. The molecule has 124 valence electrons. The third-order valence-electron chi connectivity index (χ3n) is 3.01. The molecule has 0 saturated carbocycles. The summed E-state index contributed by atoms with van der Waals surface area (Å²) in [5.41, 5.74) is 1.88. The van der Waals surface area contributed by atoms with Crippen LogP contribution in [0.25, 0.3) is 6.08 Å². The van der Waals surface area contributed by atoms with Gasteiger partial charge in [0.05, 0.1) is 0 Å². The molecule has 0 aliphatic carbocycles. The van der Waals surface area contributed by atoms with Crippen molar-refractivity contribution in [3.8, 4) is 0 Å². The molecule has 0 radical (unpaired) electrons. The lowest BCUT2D eigenvalue weighted by molar-refractivity contribution is -0.111. The minimum absolute atomic E-state index is 0.307. The maximum Gasteiger partial charge on any atom is 0.318 e. The Labute approximate surface area is 149 Å². The van der Waals surface area contributed by atoms with E-state index < -0.39 is 0 Å². The van der Waals surface area contributed by atoms with Gasteiger partial charge in [-0.3, -0.25) is 4.79 Å². The highest BCUT2D eigenvalue weighted by Crippen LogP contribution is 2.22. The monoisotopic (exact) mass is 363 g/mol. The molecule has 7 heteroatoms. The lowest BCUT2D eigenvalue weighted by atomic mass is 10.2. The van der Waals surface area contributed by atoms with Crippen LogP contribution in [0.4, 0.5) is 16.2 Å². The third kappa shape index (κ3) is 5.30. The van der Waals surface area contributed by atoms with Gasteiger partial charge in [0, 0.05) is 34.5 Å². The summed E-state index contributed by atoms with van der Waals surface area (Å²) in [5, 5.41) is 8.84. The molecule has 0 aliphatic heterocycles. The molecule has 5 nitrogen and oxygen atoms in total. The van der Waals surface area contributed by atoms with Crippen molar-refractivity contribution < 1.29 is 9.59 Å². The van der Waals surface area contributed by atoms with Crippen LogP contribution in [0.15, 0.2) is 48.5 Å². The van der Waals surface area contributed by atoms with Gasteiger partial charge in [0.2, 0.25) is 5.91 Å². The molecule has 0 atom stereocenters. The molecule has 0 saturated heterocycles. The highest BCUT2D eigenvalue weighted by Gasteiger charge is 2.02. The van der Waals surface area contributed by atoms with E-state index in [2.05, 4.69) is 16.0 Å². The van der Waals surface area contributed by atoms with E-state index in [4.69, 9.17) is 23.2 Å². The summed E-state index contributed by atoms with van der Waals surface area (Å²) in [7, 11) is 1.53. The van der Waals surface area contributed by atoms with Crippen molar-refractivity contribution >= 4 is 52.6 Å². The van der Waals surface area contributed by atoms with Gasteiger partial charge in [-0.15, -0.1) is 0 Å². The smallest absolute Gasteiger partial charge is 0.318 e. The minimum atomic E-state index is -0.312. The van der Waals surface area contributed by atoms with Gasteiger partial charge in [-0.2, -0.15) is 0 Å². The number of nitrogens with one attached hydrogen (secondary N) is 3. The molecule has 0 heterocycles. The molecule has 0 aliphatic rings. The highest BCUT2D eigenvalue weighted by atomic mass is 35.5. The number of carbonyl (C=O) groups excluding carboxylic acids is 2. The summed E-state index contributed by atoms with van der Waals surface area (Å²) in [5.74, 6) is -0.307. The van der Waals surface area contributed by atoms with Crippen LogP contribution in [-0.2, 0) is 4.79 Å². The zero-order valence-corrected chi connectivity index (χ0v) is 14.3. The predicted octanol–water partition coefficient (Wildman–Crippen LogP) is 4.40. The first-order valence-electron chi connectivity index (χ1n) is 7.01. The molecular weight excluding hydrogens is 349 g/mol. The Kier molecular flexibility index (Phi) is 6.23. The van der Waals surface area contributed by atoms with Crippen LogP contribution in [0, 0.1) is 0 Å². The van der Waals surface area contributed by atoms with E-state index in [1.807, 2.05) is 0 Å². The summed E-state index contributed by atoms with van der Waals surface area (Å²) >= 11 is 11.9. The van der Waals surface area contributed by atoms with Gasteiger partial charge in [-0.25, -0.2) is 4.79 Å². The molecule has 0 fully saturated rings. The number of urea groups is 1. The summed E-state index contributed by atoms with van der Waals surface area (Å²) in [4.78, 5) is 23.1. The van der Waals surface area contributed by atoms with E-state index in [-0.39, 0.29) is 11.9 Å². The predicted molar refractivity (Wildman–Crippen MR) is 98.6 cm³/mol. The van der Waals surface area contributed by atoms with Crippen LogP contribution in [0.5, 0.6) is 0 Å². The van der Waals surface area contributed by atoms with Crippen molar-refractivity contribution in [2.45, 2.75) is 0 Å². The number of hydrogen-bond acceptors (Lipinski definition) is 2. The molecule has 3 amide bonds. The van der Waals surface area contributed by atoms with Gasteiger partial charge in [0.25, 0.3) is 0 Å². The van der Waals surface area contributed by atoms with Crippen molar-refractivity contribution in [2.24, 2.45) is 0 Å². The van der Waals surface area contributed by atoms with Crippen molar-refractivity contribution in [3.63, 3.8) is 0 Å². The zero-order chi connectivity index (χ0) is 17.5. The molecule has 2 aromatic rings. The lowest BCUT2D eigenvalue weighted by Crippen LogP contribution is -2.24. The van der Waals surface area contributed by atoms with Gasteiger partial charge < -0.3 is 16.0 Å². The second kappa shape index (κ2) is 8.38. The SMILES string of the molecule is CNC(=O)Nc1ccc(NC(=O)/C=C/c2cc(Cl)ccc2Cl)cc1. The number of rotatable bonds is 4. The average molecular weight is 364 g/mol. The number of halogens is 2. The van der Waals surface area contributed by atoms with Crippen LogP contribution in [0.2, 0.25) is 10.0 Å². The fraction of sp³-hybridized carbons (Fsp3) is 0.0588. The molecule has 0 aromatic heterocycles. The largest absolute Gasteiger partial charge is 0.341 e. The van der Waals surface area contributed by atoms with Crippen molar-refractivity contribution in [3.05, 3.63) is 64.1 Å². The Bertz CT molecular complexity index is 774. The maximum atomic E-state index is 11.9. The zero-order valence-electron chi connectivity index (χ0n) is 12.8. The molecule has 0 unspecified atom stereocenters. The van der Waals surface area contributed by atoms with E-state index >= 15 is 0 Å². The van der Waals surface area contributed by atoms with Gasteiger partial charge in [0.1, 0.15) is 0 Å². The Morgan fingerprint density at radius 1 is 0.958 bits per heavy atom. The Balaban J connectivity index is 1.98. The van der Waals surface area contributed by atoms with Crippen LogP contribution < -0.4 is 16.0 Å². The third-order valence-corrected chi connectivity index (χ3v) is 3.59. The van der Waals surface area contributed by atoms with Crippen LogP contribution in [0.3, 0.4) is 0 Å². The van der Waals surface area contributed by atoms with Crippen LogP contribution >= 0.6 is 23.2 Å². The number of amides is 3. The summed E-state index contributed by atoms with van der Waals surface area (Å²) in [6.45, 7) is 0. The Morgan fingerprint density at radius 2 is 1.58 bits per heavy atom. The highest BCUT2D eigenvalue weighted by molar-refractivity contribution is 6.34. The van der Waals surface area contributed by atoms with Gasteiger partial charge in [-0.05, 0) is 54.1 Å². The summed E-state index contributed by atoms with van der Waals surface area (Å²) in [6, 6.07) is 11.4. The Hall–Kier alpha value is -2.50.